The lowest BCUT2D eigenvalue weighted by Crippen LogP contribution is -1.99. The minimum Gasteiger partial charge on any atom is -0.497 e. The molecule has 0 aliphatic heterocycles. The van der Waals surface area contributed by atoms with E-state index in [9.17, 15) is 0 Å². The van der Waals surface area contributed by atoms with Crippen LogP contribution in [0.2, 0.25) is 10.0 Å². The molecule has 0 N–H and O–H groups in total. The topological polar surface area (TPSA) is 36.2 Å². The molecular formula is C13H11Cl2N2O. The van der Waals surface area contributed by atoms with E-state index in [1.54, 1.807) is 7.11 Å². The quantitative estimate of drug-likeness (QED) is 0.854. The normalized spacial score (nSPS) is 10.2. The largest absolute Gasteiger partial charge is 0.497 e. The highest BCUT2D eigenvalue weighted by Gasteiger charge is 2.07. The average molecular weight is 282 g/mol. The van der Waals surface area contributed by atoms with Crippen molar-refractivity contribution in [2.24, 2.45) is 0 Å². The third-order valence-electron chi connectivity index (χ3n) is 2.41. The lowest BCUT2D eigenvalue weighted by Gasteiger charge is -2.07. The third kappa shape index (κ3) is 3.06. The van der Waals surface area contributed by atoms with Crippen LogP contribution in [0.4, 0.5) is 5.69 Å². The first kappa shape index (κ1) is 13.0. The van der Waals surface area contributed by atoms with Gasteiger partial charge in [0.15, 0.2) is 0 Å². The Bertz CT molecular complexity index is 509. The maximum Gasteiger partial charge on any atom is 0.118 e. The Labute approximate surface area is 116 Å². The summed E-state index contributed by atoms with van der Waals surface area (Å²) < 4.78 is 5.09. The van der Waals surface area contributed by atoms with Crippen molar-refractivity contribution >= 4 is 28.9 Å². The van der Waals surface area contributed by atoms with E-state index in [0.29, 0.717) is 22.3 Å². The predicted octanol–water partition coefficient (Wildman–Crippen LogP) is 3.83. The Balaban J connectivity index is 2.06. The summed E-state index contributed by atoms with van der Waals surface area (Å²) in [5.41, 5.74) is 1.63. The van der Waals surface area contributed by atoms with Gasteiger partial charge in [-0.05, 0) is 17.7 Å². The number of aromatic nitrogens is 1. The van der Waals surface area contributed by atoms with Gasteiger partial charge in [0.1, 0.15) is 5.75 Å². The van der Waals surface area contributed by atoms with Crippen LogP contribution in [0.15, 0.2) is 36.7 Å². The zero-order chi connectivity index (χ0) is 13.0. The molecule has 0 amide bonds. The van der Waals surface area contributed by atoms with E-state index in [1.165, 1.54) is 12.4 Å². The predicted molar refractivity (Wildman–Crippen MR) is 72.7 cm³/mol. The van der Waals surface area contributed by atoms with E-state index in [1.807, 2.05) is 24.3 Å². The van der Waals surface area contributed by atoms with E-state index in [0.717, 1.165) is 11.3 Å². The molecule has 0 aliphatic rings. The SMILES string of the molecule is COc1ccc(C[N]c2c(Cl)cncc2Cl)cc1. The van der Waals surface area contributed by atoms with Gasteiger partial charge in [-0.3, -0.25) is 10.3 Å². The van der Waals surface area contributed by atoms with E-state index >= 15 is 0 Å². The molecule has 1 radical (unpaired) electrons. The number of pyridine rings is 1. The molecule has 0 saturated heterocycles. The van der Waals surface area contributed by atoms with Crippen molar-refractivity contribution in [1.29, 1.82) is 0 Å². The Morgan fingerprint density at radius 2 is 1.72 bits per heavy atom. The summed E-state index contributed by atoms with van der Waals surface area (Å²) in [6.45, 7) is 0.507. The molecule has 0 fully saturated rings. The standard InChI is InChI=1S/C13H11Cl2N2O/c1-18-10-4-2-9(3-5-10)6-17-13-11(14)7-16-8-12(13)15/h2-5,7-8H,6H2,1H3. The van der Waals surface area contributed by atoms with Crippen molar-refractivity contribution in [3.05, 3.63) is 52.3 Å². The number of rotatable bonds is 4. The molecule has 0 atom stereocenters. The number of nitrogens with zero attached hydrogens (tertiary/aromatic N) is 2. The summed E-state index contributed by atoms with van der Waals surface area (Å²) in [6.07, 6.45) is 3.06. The Morgan fingerprint density at radius 3 is 2.28 bits per heavy atom. The van der Waals surface area contributed by atoms with E-state index in [-0.39, 0.29) is 0 Å². The van der Waals surface area contributed by atoms with Gasteiger partial charge in [0.25, 0.3) is 0 Å². The molecule has 1 aromatic heterocycles. The lowest BCUT2D eigenvalue weighted by atomic mass is 10.2. The molecule has 2 rings (SSSR count). The molecule has 5 heteroatoms. The van der Waals surface area contributed by atoms with Crippen LogP contribution in [0.1, 0.15) is 5.56 Å². The van der Waals surface area contributed by atoms with Crippen LogP contribution in [-0.2, 0) is 6.54 Å². The minimum atomic E-state index is 0.455. The summed E-state index contributed by atoms with van der Waals surface area (Å²) >= 11 is 12.0. The highest BCUT2D eigenvalue weighted by Crippen LogP contribution is 2.29. The van der Waals surface area contributed by atoms with Crippen molar-refractivity contribution in [2.45, 2.75) is 6.54 Å². The zero-order valence-corrected chi connectivity index (χ0v) is 11.2. The second kappa shape index (κ2) is 5.94. The third-order valence-corrected chi connectivity index (χ3v) is 2.96. The van der Waals surface area contributed by atoms with E-state index in [4.69, 9.17) is 27.9 Å². The molecule has 1 heterocycles. The number of benzene rings is 1. The summed E-state index contributed by atoms with van der Waals surface area (Å²) in [7, 11) is 1.63. The van der Waals surface area contributed by atoms with Gasteiger partial charge in [0.2, 0.25) is 0 Å². The van der Waals surface area contributed by atoms with Crippen molar-refractivity contribution in [2.75, 3.05) is 7.11 Å². The summed E-state index contributed by atoms with van der Waals surface area (Å²) in [4.78, 5) is 3.88. The molecule has 0 bridgehead atoms. The Hall–Kier alpha value is -1.45. The molecule has 1 aromatic carbocycles. The van der Waals surface area contributed by atoms with Crippen LogP contribution in [0.5, 0.6) is 5.75 Å². The minimum absolute atomic E-state index is 0.455. The summed E-state index contributed by atoms with van der Waals surface area (Å²) in [5.74, 6) is 0.818. The zero-order valence-electron chi connectivity index (χ0n) is 9.73. The van der Waals surface area contributed by atoms with Crippen LogP contribution < -0.4 is 10.1 Å². The van der Waals surface area contributed by atoms with Crippen LogP contribution in [0.3, 0.4) is 0 Å². The van der Waals surface area contributed by atoms with Crippen molar-refractivity contribution in [1.82, 2.24) is 10.3 Å². The fourth-order valence-electron chi connectivity index (χ4n) is 1.46. The molecule has 0 unspecified atom stereocenters. The number of methoxy groups -OCH3 is 1. The average Bonchev–Trinajstić information content (AvgIpc) is 2.39. The van der Waals surface area contributed by atoms with Crippen LogP contribution in [0, 0.1) is 0 Å². The smallest absolute Gasteiger partial charge is 0.118 e. The van der Waals surface area contributed by atoms with Gasteiger partial charge in [0, 0.05) is 12.4 Å². The molecule has 2 aromatic rings. The van der Waals surface area contributed by atoms with Gasteiger partial charge in [-0.25, -0.2) is 0 Å². The second-order valence-corrected chi connectivity index (χ2v) is 4.43. The van der Waals surface area contributed by atoms with Crippen LogP contribution in [-0.4, -0.2) is 12.1 Å². The monoisotopic (exact) mass is 281 g/mol. The van der Waals surface area contributed by atoms with Gasteiger partial charge >= 0.3 is 0 Å². The van der Waals surface area contributed by atoms with Crippen LogP contribution >= 0.6 is 23.2 Å². The van der Waals surface area contributed by atoms with E-state index < -0.39 is 0 Å². The number of hydrogen-bond acceptors (Lipinski definition) is 2. The molecule has 18 heavy (non-hydrogen) atoms. The first-order valence-corrected chi connectivity index (χ1v) is 6.05. The maximum absolute atomic E-state index is 5.98. The number of hydrogen-bond donors (Lipinski definition) is 0. The number of ether oxygens (including phenoxy) is 1. The molecule has 0 aliphatic carbocycles. The first-order chi connectivity index (χ1) is 8.70. The maximum atomic E-state index is 5.98. The fraction of sp³-hybridized carbons (Fsp3) is 0.154. The lowest BCUT2D eigenvalue weighted by molar-refractivity contribution is 0.414. The van der Waals surface area contributed by atoms with E-state index in [2.05, 4.69) is 10.3 Å². The summed E-state index contributed by atoms with van der Waals surface area (Å²) in [6, 6.07) is 7.68. The Morgan fingerprint density at radius 1 is 1.11 bits per heavy atom. The van der Waals surface area contributed by atoms with Crippen molar-refractivity contribution in [3.8, 4) is 5.75 Å². The molecule has 0 saturated carbocycles. The van der Waals surface area contributed by atoms with Gasteiger partial charge in [-0.2, -0.15) is 0 Å². The van der Waals surface area contributed by atoms with Crippen LogP contribution in [0.25, 0.3) is 0 Å². The van der Waals surface area contributed by atoms with Gasteiger partial charge in [-0.1, -0.05) is 35.3 Å². The van der Waals surface area contributed by atoms with Gasteiger partial charge in [-0.15, -0.1) is 0 Å². The molecule has 3 nitrogen and oxygen atoms in total. The highest BCUT2D eigenvalue weighted by atomic mass is 35.5. The number of halogens is 2. The first-order valence-electron chi connectivity index (χ1n) is 5.30. The molecule has 93 valence electrons. The fourth-order valence-corrected chi connectivity index (χ4v) is 1.94. The highest BCUT2D eigenvalue weighted by molar-refractivity contribution is 6.38. The molecule has 0 spiro atoms. The van der Waals surface area contributed by atoms with Gasteiger partial charge in [0.05, 0.1) is 29.4 Å². The Kier molecular flexibility index (Phi) is 4.28. The van der Waals surface area contributed by atoms with Gasteiger partial charge < -0.3 is 4.74 Å². The van der Waals surface area contributed by atoms with Crippen molar-refractivity contribution in [3.63, 3.8) is 0 Å². The second-order valence-electron chi connectivity index (χ2n) is 3.62. The molecular weight excluding hydrogens is 271 g/mol. The van der Waals surface area contributed by atoms with Crippen molar-refractivity contribution < 1.29 is 4.74 Å². The summed E-state index contributed by atoms with van der Waals surface area (Å²) in [5, 5.41) is 5.30.